The number of nitrogens with one attached hydrogen (secondary N) is 1. The van der Waals surface area contributed by atoms with E-state index in [0.29, 0.717) is 5.69 Å². The monoisotopic (exact) mass is 386 g/mol. The van der Waals surface area contributed by atoms with Gasteiger partial charge in [0.15, 0.2) is 15.6 Å². The fourth-order valence-corrected chi connectivity index (χ4v) is 3.79. The number of carbonyl (C=O) groups excluding carboxylic acids is 1. The number of hydrogen-bond acceptors (Lipinski definition) is 6. The first kappa shape index (κ1) is 18.3. The Balaban J connectivity index is 1.78. The van der Waals surface area contributed by atoms with Crippen LogP contribution in [0.25, 0.3) is 0 Å². The fourth-order valence-electron chi connectivity index (χ4n) is 2.42. The lowest BCUT2D eigenvalue weighted by Gasteiger charge is -2.06. The minimum atomic E-state index is -3.64. The number of non-ortho nitro benzene ring substituents is 1. The van der Waals surface area contributed by atoms with E-state index in [1.807, 2.05) is 0 Å². The van der Waals surface area contributed by atoms with Crippen LogP contribution in [0.2, 0.25) is 0 Å². The highest BCUT2D eigenvalue weighted by Gasteiger charge is 2.22. The molecule has 0 fully saturated rings. The van der Waals surface area contributed by atoms with Gasteiger partial charge in [-0.15, -0.1) is 0 Å². The fraction of sp³-hybridized carbons (Fsp3) is 0.0556. The van der Waals surface area contributed by atoms with Gasteiger partial charge >= 0.3 is 0 Å². The Hall–Kier alpha value is -3.46. The molecule has 0 aliphatic heterocycles. The summed E-state index contributed by atoms with van der Waals surface area (Å²) in [6.07, 6.45) is 1.24. The minimum absolute atomic E-state index is 0.111. The number of nitro benzene ring substituents is 1. The molecule has 2 aromatic carbocycles. The molecule has 1 amide bonds. The summed E-state index contributed by atoms with van der Waals surface area (Å²) in [5, 5.41) is 13.2. The quantitative estimate of drug-likeness (QED) is 0.512. The number of carbonyl (C=O) groups is 1. The molecule has 0 bridgehead atoms. The van der Waals surface area contributed by atoms with Crippen molar-refractivity contribution in [3.05, 3.63) is 88.4 Å². The van der Waals surface area contributed by atoms with E-state index in [9.17, 15) is 23.3 Å². The molecule has 0 aliphatic rings. The van der Waals surface area contributed by atoms with Crippen LogP contribution in [0.5, 0.6) is 0 Å². The predicted octanol–water partition coefficient (Wildman–Crippen LogP) is 3.41. The van der Waals surface area contributed by atoms with Gasteiger partial charge in [0.2, 0.25) is 0 Å². The van der Waals surface area contributed by atoms with Crippen molar-refractivity contribution in [3.63, 3.8) is 0 Å². The number of anilines is 1. The molecule has 9 heteroatoms. The van der Waals surface area contributed by atoms with Gasteiger partial charge in [-0.25, -0.2) is 8.42 Å². The molecule has 27 heavy (non-hydrogen) atoms. The Labute approximate surface area is 154 Å². The largest absolute Gasteiger partial charge is 0.459 e. The average Bonchev–Trinajstić information content (AvgIpc) is 3.10. The Morgan fingerprint density at radius 3 is 2.33 bits per heavy atom. The molecule has 3 aromatic rings. The summed E-state index contributed by atoms with van der Waals surface area (Å²) >= 11 is 0. The van der Waals surface area contributed by atoms with E-state index in [-0.39, 0.29) is 21.9 Å². The van der Waals surface area contributed by atoms with Crippen LogP contribution in [0.4, 0.5) is 11.4 Å². The Kier molecular flexibility index (Phi) is 5.04. The molecule has 8 nitrogen and oxygen atoms in total. The molecule has 1 aromatic heterocycles. The molecule has 0 atom stereocenters. The van der Waals surface area contributed by atoms with Gasteiger partial charge < -0.3 is 9.73 Å². The average molecular weight is 386 g/mol. The molecule has 0 saturated carbocycles. The normalized spacial score (nSPS) is 11.1. The van der Waals surface area contributed by atoms with Gasteiger partial charge in [0.1, 0.15) is 0 Å². The Morgan fingerprint density at radius 2 is 1.70 bits per heavy atom. The maximum absolute atomic E-state index is 12.5. The van der Waals surface area contributed by atoms with Gasteiger partial charge in [0.25, 0.3) is 11.6 Å². The molecular formula is C18H14N2O6S. The second-order valence-corrected chi connectivity index (χ2v) is 7.59. The molecular weight excluding hydrogens is 372 g/mol. The van der Waals surface area contributed by atoms with Crippen molar-refractivity contribution in [1.29, 1.82) is 0 Å². The van der Waals surface area contributed by atoms with Gasteiger partial charge in [-0.1, -0.05) is 18.2 Å². The van der Waals surface area contributed by atoms with Gasteiger partial charge in [0, 0.05) is 23.4 Å². The number of amides is 1. The third kappa shape index (κ3) is 4.21. The molecule has 1 heterocycles. The van der Waals surface area contributed by atoms with Crippen molar-refractivity contribution in [3.8, 4) is 0 Å². The van der Waals surface area contributed by atoms with Crippen molar-refractivity contribution in [2.24, 2.45) is 0 Å². The summed E-state index contributed by atoms with van der Waals surface area (Å²) in [7, 11) is -3.64. The standard InChI is InChI=1S/C18H14N2O6S/c21-18(19-14-6-8-15(9-7-14)20(22)23)17-13(10-11-26-17)12-27(24,25)16-4-2-1-3-5-16/h1-11H,12H2,(H,19,21). The van der Waals surface area contributed by atoms with Crippen LogP contribution in [-0.4, -0.2) is 19.2 Å². The number of furan rings is 1. The molecule has 0 unspecified atom stereocenters. The van der Waals surface area contributed by atoms with Crippen LogP contribution >= 0.6 is 0 Å². The summed E-state index contributed by atoms with van der Waals surface area (Å²) in [6, 6.07) is 14.6. The van der Waals surface area contributed by atoms with Crippen LogP contribution in [0.15, 0.2) is 76.2 Å². The zero-order valence-electron chi connectivity index (χ0n) is 13.9. The summed E-state index contributed by atoms with van der Waals surface area (Å²) in [6.45, 7) is 0. The van der Waals surface area contributed by atoms with Crippen molar-refractivity contribution < 1.29 is 22.6 Å². The SMILES string of the molecule is O=C(Nc1ccc([N+](=O)[O-])cc1)c1occc1CS(=O)(=O)c1ccccc1. The topological polar surface area (TPSA) is 120 Å². The molecule has 0 spiro atoms. The third-order valence-corrected chi connectivity index (χ3v) is 5.42. The lowest BCUT2D eigenvalue weighted by atomic mass is 10.2. The van der Waals surface area contributed by atoms with E-state index < -0.39 is 26.4 Å². The predicted molar refractivity (Wildman–Crippen MR) is 97.1 cm³/mol. The first-order chi connectivity index (χ1) is 12.9. The van der Waals surface area contributed by atoms with Gasteiger partial charge in [-0.3, -0.25) is 14.9 Å². The highest BCUT2D eigenvalue weighted by molar-refractivity contribution is 7.90. The third-order valence-electron chi connectivity index (χ3n) is 3.74. The summed E-state index contributed by atoms with van der Waals surface area (Å²) < 4.78 is 30.2. The van der Waals surface area contributed by atoms with Crippen molar-refractivity contribution in [2.45, 2.75) is 10.6 Å². The number of rotatable bonds is 6. The molecule has 0 aliphatic carbocycles. The zero-order valence-corrected chi connectivity index (χ0v) is 14.7. The highest BCUT2D eigenvalue weighted by atomic mass is 32.2. The molecule has 0 saturated heterocycles. The number of nitrogens with zero attached hydrogens (tertiary/aromatic N) is 1. The summed E-state index contributed by atoms with van der Waals surface area (Å²) in [4.78, 5) is 22.7. The number of benzene rings is 2. The maximum atomic E-state index is 12.5. The van der Waals surface area contributed by atoms with Gasteiger partial charge in [0.05, 0.1) is 21.8 Å². The van der Waals surface area contributed by atoms with Crippen LogP contribution < -0.4 is 5.32 Å². The molecule has 3 rings (SSSR count). The maximum Gasteiger partial charge on any atom is 0.291 e. The number of sulfone groups is 1. The van der Waals surface area contributed by atoms with E-state index in [1.165, 1.54) is 48.7 Å². The van der Waals surface area contributed by atoms with Crippen molar-refractivity contribution in [1.82, 2.24) is 0 Å². The van der Waals surface area contributed by atoms with Crippen LogP contribution in [0.3, 0.4) is 0 Å². The van der Waals surface area contributed by atoms with E-state index in [0.717, 1.165) is 0 Å². The van der Waals surface area contributed by atoms with Crippen molar-refractivity contribution >= 4 is 27.1 Å². The van der Waals surface area contributed by atoms with Gasteiger partial charge in [-0.2, -0.15) is 0 Å². The lowest BCUT2D eigenvalue weighted by Crippen LogP contribution is -2.14. The highest BCUT2D eigenvalue weighted by Crippen LogP contribution is 2.22. The van der Waals surface area contributed by atoms with Gasteiger partial charge in [-0.05, 0) is 30.3 Å². The van der Waals surface area contributed by atoms with Crippen molar-refractivity contribution in [2.75, 3.05) is 5.32 Å². The Bertz CT molecular complexity index is 1070. The first-order valence-corrected chi connectivity index (χ1v) is 9.42. The van der Waals surface area contributed by atoms with E-state index in [1.54, 1.807) is 18.2 Å². The van der Waals surface area contributed by atoms with E-state index >= 15 is 0 Å². The molecule has 138 valence electrons. The summed E-state index contributed by atoms with van der Waals surface area (Å²) in [5.41, 5.74) is 0.428. The second kappa shape index (κ2) is 7.42. The molecule has 1 N–H and O–H groups in total. The zero-order chi connectivity index (χ0) is 19.4. The summed E-state index contributed by atoms with van der Waals surface area (Å²) in [5.74, 6) is -1.17. The smallest absolute Gasteiger partial charge is 0.291 e. The van der Waals surface area contributed by atoms with E-state index in [2.05, 4.69) is 5.32 Å². The lowest BCUT2D eigenvalue weighted by molar-refractivity contribution is -0.384. The van der Waals surface area contributed by atoms with Crippen LogP contribution in [0.1, 0.15) is 16.1 Å². The minimum Gasteiger partial charge on any atom is -0.459 e. The van der Waals surface area contributed by atoms with Crippen LogP contribution in [0, 0.1) is 10.1 Å². The second-order valence-electron chi connectivity index (χ2n) is 5.61. The van der Waals surface area contributed by atoms with Crippen LogP contribution in [-0.2, 0) is 15.6 Å². The number of nitro groups is 1. The first-order valence-electron chi connectivity index (χ1n) is 7.77. The van der Waals surface area contributed by atoms with E-state index in [4.69, 9.17) is 4.42 Å². The molecule has 0 radical (unpaired) electrons. The number of hydrogen-bond donors (Lipinski definition) is 1. The Morgan fingerprint density at radius 1 is 1.04 bits per heavy atom.